The molecule has 0 spiro atoms. The Morgan fingerprint density at radius 3 is 2.23 bits per heavy atom. The van der Waals surface area contributed by atoms with Crippen LogP contribution in [0.5, 0.6) is 0 Å². The monoisotopic (exact) mass is 386 g/mol. The van der Waals surface area contributed by atoms with Gasteiger partial charge in [-0.05, 0) is 55.4 Å². The first kappa shape index (κ1) is 18.9. The number of carbonyl (C=O) groups excluding carboxylic acids is 1. The number of hydrogen-bond acceptors (Lipinski definition) is 4. The van der Waals surface area contributed by atoms with Gasteiger partial charge in [-0.15, -0.1) is 11.8 Å². The first-order valence-electron chi connectivity index (χ1n) is 8.73. The molecule has 1 aliphatic rings. The first-order chi connectivity index (χ1) is 12.5. The van der Waals surface area contributed by atoms with Crippen LogP contribution in [0.3, 0.4) is 0 Å². The fourth-order valence-electron chi connectivity index (χ4n) is 3.23. The number of rotatable bonds is 7. The minimum Gasteiger partial charge on any atom is -0.295 e. The number of thioether (sulfide) groups is 1. The molecule has 0 aliphatic heterocycles. The molecule has 0 saturated carbocycles. The molecule has 136 valence electrons. The van der Waals surface area contributed by atoms with Crippen LogP contribution in [0.2, 0.25) is 0 Å². The van der Waals surface area contributed by atoms with E-state index in [2.05, 4.69) is 12.1 Å². The van der Waals surface area contributed by atoms with Crippen LogP contribution >= 0.6 is 11.8 Å². The lowest BCUT2D eigenvalue weighted by Gasteiger charge is -2.32. The van der Waals surface area contributed by atoms with Crippen molar-refractivity contribution in [3.63, 3.8) is 0 Å². The van der Waals surface area contributed by atoms with Gasteiger partial charge in [0.15, 0.2) is 15.6 Å². The van der Waals surface area contributed by atoms with Crippen molar-refractivity contribution >= 4 is 27.4 Å². The van der Waals surface area contributed by atoms with Gasteiger partial charge in [0.2, 0.25) is 0 Å². The minimum absolute atomic E-state index is 0.00236. The second-order valence-corrected chi connectivity index (χ2v) is 9.91. The summed E-state index contributed by atoms with van der Waals surface area (Å²) in [6.45, 7) is 0. The number of sulfone groups is 1. The average Bonchev–Trinajstić information content (AvgIpc) is 2.68. The van der Waals surface area contributed by atoms with Crippen LogP contribution in [-0.4, -0.2) is 24.7 Å². The van der Waals surface area contributed by atoms with E-state index in [0.717, 1.165) is 12.2 Å². The van der Waals surface area contributed by atoms with Crippen LogP contribution in [0.1, 0.15) is 25.7 Å². The average molecular weight is 387 g/mol. The Morgan fingerprint density at radius 1 is 0.962 bits per heavy atom. The van der Waals surface area contributed by atoms with Crippen molar-refractivity contribution in [2.24, 2.45) is 0 Å². The molecule has 1 atom stereocenters. The number of carbonyl (C=O) groups is 1. The number of hydrogen-bond donors (Lipinski definition) is 0. The molecule has 0 amide bonds. The molecule has 3 nitrogen and oxygen atoms in total. The summed E-state index contributed by atoms with van der Waals surface area (Å²) < 4.78 is 25.6. The molecule has 0 aromatic heterocycles. The Balaban J connectivity index is 1.77. The topological polar surface area (TPSA) is 51.2 Å². The van der Waals surface area contributed by atoms with E-state index in [1.54, 1.807) is 42.1 Å². The summed E-state index contributed by atoms with van der Waals surface area (Å²) in [6, 6.07) is 18.7. The standard InChI is InChI=1S/C21H22O3S2/c22-18-12-15-21(16-13-18,26(23,24)20-10-5-2-6-11-20)14-7-17-25-19-8-3-1-4-9-19/h1-6,8-12,15H,7,13-14,16-17H2/t21-/m1/s1. The summed E-state index contributed by atoms with van der Waals surface area (Å²) in [5.74, 6) is 0.847. The van der Waals surface area contributed by atoms with E-state index in [1.165, 1.54) is 11.0 Å². The number of benzene rings is 2. The van der Waals surface area contributed by atoms with Crippen LogP contribution in [0.4, 0.5) is 0 Å². The lowest BCUT2D eigenvalue weighted by molar-refractivity contribution is -0.115. The molecule has 0 radical (unpaired) electrons. The molecule has 0 fully saturated rings. The highest BCUT2D eigenvalue weighted by Gasteiger charge is 2.43. The molecule has 2 aromatic carbocycles. The van der Waals surface area contributed by atoms with Crippen molar-refractivity contribution in [3.8, 4) is 0 Å². The normalized spacial score (nSPS) is 20.2. The Hall–Kier alpha value is -1.85. The van der Waals surface area contributed by atoms with Crippen LogP contribution in [0, 0.1) is 0 Å². The maximum Gasteiger partial charge on any atom is 0.187 e. The van der Waals surface area contributed by atoms with Gasteiger partial charge >= 0.3 is 0 Å². The van der Waals surface area contributed by atoms with Crippen molar-refractivity contribution in [3.05, 3.63) is 72.8 Å². The molecule has 26 heavy (non-hydrogen) atoms. The van der Waals surface area contributed by atoms with Crippen molar-refractivity contribution < 1.29 is 13.2 Å². The predicted octanol–water partition coefficient (Wildman–Crippen LogP) is 4.69. The quantitative estimate of drug-likeness (QED) is 0.512. The van der Waals surface area contributed by atoms with Crippen molar-refractivity contribution in [2.45, 2.75) is 40.2 Å². The van der Waals surface area contributed by atoms with Gasteiger partial charge in [0.05, 0.1) is 9.64 Å². The van der Waals surface area contributed by atoms with Crippen molar-refractivity contribution in [1.29, 1.82) is 0 Å². The van der Waals surface area contributed by atoms with Crippen LogP contribution in [-0.2, 0) is 14.6 Å². The van der Waals surface area contributed by atoms with Gasteiger partial charge < -0.3 is 0 Å². The molecule has 0 saturated heterocycles. The lowest BCUT2D eigenvalue weighted by atomic mass is 9.90. The second-order valence-electron chi connectivity index (χ2n) is 6.45. The maximum absolute atomic E-state index is 13.3. The third kappa shape index (κ3) is 4.10. The lowest BCUT2D eigenvalue weighted by Crippen LogP contribution is -2.39. The second kappa shape index (κ2) is 8.23. The van der Waals surface area contributed by atoms with Gasteiger partial charge in [0, 0.05) is 11.3 Å². The molecule has 0 heterocycles. The van der Waals surface area contributed by atoms with E-state index in [9.17, 15) is 13.2 Å². The summed E-state index contributed by atoms with van der Waals surface area (Å²) >= 11 is 1.73. The molecule has 0 bridgehead atoms. The molecule has 1 aliphatic carbocycles. The summed E-state index contributed by atoms with van der Waals surface area (Å²) in [7, 11) is -3.54. The van der Waals surface area contributed by atoms with E-state index < -0.39 is 14.6 Å². The molecule has 0 unspecified atom stereocenters. The van der Waals surface area contributed by atoms with Crippen molar-refractivity contribution in [1.82, 2.24) is 0 Å². The fourth-order valence-corrected chi connectivity index (χ4v) is 6.12. The Bertz CT molecular complexity index is 874. The first-order valence-corrected chi connectivity index (χ1v) is 11.2. The molecule has 0 N–H and O–H groups in total. The third-order valence-electron chi connectivity index (χ3n) is 4.71. The zero-order valence-corrected chi connectivity index (χ0v) is 16.1. The third-order valence-corrected chi connectivity index (χ3v) is 8.32. The van der Waals surface area contributed by atoms with Crippen LogP contribution in [0.15, 0.2) is 82.6 Å². The van der Waals surface area contributed by atoms with Crippen molar-refractivity contribution in [2.75, 3.05) is 5.75 Å². The zero-order chi connectivity index (χ0) is 18.5. The van der Waals surface area contributed by atoms with E-state index in [1.807, 2.05) is 24.3 Å². The number of allylic oxidation sites excluding steroid dienone is 1. The Labute approximate surface area is 159 Å². The van der Waals surface area contributed by atoms with Gasteiger partial charge in [0.25, 0.3) is 0 Å². The van der Waals surface area contributed by atoms with Gasteiger partial charge in [0.1, 0.15) is 0 Å². The van der Waals surface area contributed by atoms with E-state index in [4.69, 9.17) is 0 Å². The smallest absolute Gasteiger partial charge is 0.187 e. The van der Waals surface area contributed by atoms with Gasteiger partial charge in [-0.2, -0.15) is 0 Å². The highest BCUT2D eigenvalue weighted by molar-refractivity contribution is 7.99. The van der Waals surface area contributed by atoms with Gasteiger partial charge in [-0.1, -0.05) is 42.5 Å². The predicted molar refractivity (Wildman–Crippen MR) is 106 cm³/mol. The van der Waals surface area contributed by atoms with Crippen LogP contribution < -0.4 is 0 Å². The largest absolute Gasteiger partial charge is 0.295 e. The van der Waals surface area contributed by atoms with Gasteiger partial charge in [-0.25, -0.2) is 8.42 Å². The number of ketones is 1. The fraction of sp³-hybridized carbons (Fsp3) is 0.286. The summed E-state index contributed by atoms with van der Waals surface area (Å²) in [5, 5.41) is 0. The molecule has 3 rings (SSSR count). The summed E-state index contributed by atoms with van der Waals surface area (Å²) in [5.41, 5.74) is 0. The van der Waals surface area contributed by atoms with E-state index in [-0.39, 0.29) is 12.2 Å². The van der Waals surface area contributed by atoms with Crippen LogP contribution in [0.25, 0.3) is 0 Å². The van der Waals surface area contributed by atoms with E-state index >= 15 is 0 Å². The zero-order valence-electron chi connectivity index (χ0n) is 14.5. The Kier molecular flexibility index (Phi) is 5.99. The molecule has 5 heteroatoms. The SMILES string of the molecule is O=C1C=C[C@@](CCCSc2ccccc2)(S(=O)(=O)c2ccccc2)CC1. The molecular weight excluding hydrogens is 364 g/mol. The summed E-state index contributed by atoms with van der Waals surface area (Å²) in [6.07, 6.45) is 5.02. The highest BCUT2D eigenvalue weighted by atomic mass is 32.2. The molecular formula is C21H22O3S2. The highest BCUT2D eigenvalue weighted by Crippen LogP contribution is 2.38. The molecule has 2 aromatic rings. The minimum atomic E-state index is -3.54. The van der Waals surface area contributed by atoms with E-state index in [0.29, 0.717) is 17.7 Å². The Morgan fingerprint density at radius 2 is 1.62 bits per heavy atom. The summed E-state index contributed by atoms with van der Waals surface area (Å²) in [4.78, 5) is 13.2. The van der Waals surface area contributed by atoms with Gasteiger partial charge in [-0.3, -0.25) is 4.79 Å². The maximum atomic E-state index is 13.3.